The molecule has 0 spiro atoms. The molecule has 0 bridgehead atoms. The minimum Gasteiger partial charge on any atom is -0.341 e. The van der Waals surface area contributed by atoms with E-state index in [4.69, 9.17) is 5.26 Å². The van der Waals surface area contributed by atoms with Gasteiger partial charge in [0.25, 0.3) is 0 Å². The maximum Gasteiger partial charge on any atom is 0.418 e. The minimum atomic E-state index is -4.54. The summed E-state index contributed by atoms with van der Waals surface area (Å²) in [6.45, 7) is 3.78. The molecule has 1 atom stereocenters. The lowest BCUT2D eigenvalue weighted by molar-refractivity contribution is -0.136. The third-order valence-electron chi connectivity index (χ3n) is 3.47. The predicted octanol–water partition coefficient (Wildman–Crippen LogP) is 4.76. The minimum absolute atomic E-state index is 0.0894. The van der Waals surface area contributed by atoms with Crippen LogP contribution in [0.15, 0.2) is 18.2 Å². The monoisotopic (exact) mass is 312 g/mol. The molecule has 0 N–H and O–H groups in total. The van der Waals surface area contributed by atoms with Crippen molar-refractivity contribution in [2.45, 2.75) is 26.1 Å². The Morgan fingerprint density at radius 3 is 2.57 bits per heavy atom. The summed E-state index contributed by atoms with van der Waals surface area (Å²) in [5.74, 6) is 0.811. The van der Waals surface area contributed by atoms with Gasteiger partial charge in [0.1, 0.15) is 0 Å². The average Bonchev–Trinajstić information content (AvgIpc) is 2.72. The van der Waals surface area contributed by atoms with Crippen molar-refractivity contribution in [3.8, 4) is 6.07 Å². The summed E-state index contributed by atoms with van der Waals surface area (Å²) in [5, 5.41) is 9.05. The first-order valence-corrected chi connectivity index (χ1v) is 7.81. The molecule has 0 aliphatic carbocycles. The number of aromatic nitrogens is 1. The van der Waals surface area contributed by atoms with Crippen LogP contribution in [0.5, 0.6) is 0 Å². The van der Waals surface area contributed by atoms with Gasteiger partial charge < -0.3 is 4.57 Å². The van der Waals surface area contributed by atoms with Gasteiger partial charge in [-0.15, -0.1) is 0 Å². The molecule has 21 heavy (non-hydrogen) atoms. The summed E-state index contributed by atoms with van der Waals surface area (Å²) in [6.07, 6.45) is -2.57. The Bertz CT molecular complexity index is 710. The highest BCUT2D eigenvalue weighted by molar-refractivity contribution is 7.98. The molecule has 0 fully saturated rings. The Labute approximate surface area is 125 Å². The number of thioether (sulfide) groups is 1. The van der Waals surface area contributed by atoms with Crippen molar-refractivity contribution >= 4 is 22.7 Å². The van der Waals surface area contributed by atoms with Gasteiger partial charge in [0.05, 0.1) is 17.2 Å². The molecule has 1 unspecified atom stereocenters. The fourth-order valence-corrected chi connectivity index (χ4v) is 3.36. The third kappa shape index (κ3) is 2.75. The molecule has 1 aromatic carbocycles. The van der Waals surface area contributed by atoms with Gasteiger partial charge >= 0.3 is 6.18 Å². The van der Waals surface area contributed by atoms with E-state index in [0.29, 0.717) is 5.52 Å². The molecule has 0 saturated carbocycles. The highest BCUT2D eigenvalue weighted by Gasteiger charge is 2.36. The van der Waals surface area contributed by atoms with Gasteiger partial charge in [-0.1, -0.05) is 0 Å². The predicted molar refractivity (Wildman–Crippen MR) is 79.5 cm³/mol. The standard InChI is InChI=1S/C15H15F3N2S/c1-9-6-12-13(20(9)10(2)8-21-3)5-4-11(7-19)14(12)15(16,17)18/h4-6,10H,8H2,1-3H3. The molecule has 0 amide bonds. The van der Waals surface area contributed by atoms with E-state index >= 15 is 0 Å². The van der Waals surface area contributed by atoms with Crippen molar-refractivity contribution in [1.29, 1.82) is 5.26 Å². The molecule has 112 valence electrons. The van der Waals surface area contributed by atoms with E-state index in [9.17, 15) is 13.2 Å². The summed E-state index contributed by atoms with van der Waals surface area (Å²) in [4.78, 5) is 0. The smallest absolute Gasteiger partial charge is 0.341 e. The summed E-state index contributed by atoms with van der Waals surface area (Å²) in [7, 11) is 0. The van der Waals surface area contributed by atoms with Crippen molar-refractivity contribution in [2.75, 3.05) is 12.0 Å². The van der Waals surface area contributed by atoms with E-state index in [-0.39, 0.29) is 17.0 Å². The first-order valence-electron chi connectivity index (χ1n) is 6.42. The van der Waals surface area contributed by atoms with Gasteiger partial charge in [0.15, 0.2) is 0 Å². The van der Waals surface area contributed by atoms with E-state index in [2.05, 4.69) is 0 Å². The maximum absolute atomic E-state index is 13.3. The maximum atomic E-state index is 13.3. The van der Waals surface area contributed by atoms with Crippen LogP contribution in [-0.2, 0) is 6.18 Å². The molecule has 6 heteroatoms. The van der Waals surface area contributed by atoms with Crippen LogP contribution in [0.2, 0.25) is 0 Å². The lowest BCUT2D eigenvalue weighted by Crippen LogP contribution is -2.11. The van der Waals surface area contributed by atoms with E-state index in [0.717, 1.165) is 11.4 Å². The normalized spacial score (nSPS) is 13.4. The number of hydrogen-bond donors (Lipinski definition) is 0. The number of nitrogens with zero attached hydrogens (tertiary/aromatic N) is 2. The Kier molecular flexibility index (Phi) is 4.24. The quantitative estimate of drug-likeness (QED) is 0.817. The third-order valence-corrected chi connectivity index (χ3v) is 4.28. The van der Waals surface area contributed by atoms with Crippen LogP contribution in [0.1, 0.15) is 29.8 Å². The summed E-state index contributed by atoms with van der Waals surface area (Å²) in [5.41, 5.74) is 0.137. The number of fused-ring (bicyclic) bond motifs is 1. The number of halogens is 3. The zero-order chi connectivity index (χ0) is 15.8. The SMILES string of the molecule is CSCC(C)n1c(C)cc2c(C(F)(F)F)c(C#N)ccc21. The largest absolute Gasteiger partial charge is 0.418 e. The lowest BCUT2D eigenvalue weighted by atomic mass is 10.0. The molecule has 2 nitrogen and oxygen atoms in total. The molecule has 1 aromatic heterocycles. The Balaban J connectivity index is 2.79. The van der Waals surface area contributed by atoms with Crippen LogP contribution in [-0.4, -0.2) is 16.6 Å². The molecular weight excluding hydrogens is 297 g/mol. The van der Waals surface area contributed by atoms with Crippen LogP contribution in [0.3, 0.4) is 0 Å². The van der Waals surface area contributed by atoms with E-state index in [1.807, 2.05) is 17.7 Å². The molecule has 2 rings (SSSR count). The number of nitriles is 1. The fraction of sp³-hybridized carbons (Fsp3) is 0.400. The summed E-state index contributed by atoms with van der Waals surface area (Å²) >= 11 is 1.65. The van der Waals surface area contributed by atoms with Crippen molar-refractivity contribution in [3.05, 3.63) is 35.0 Å². The lowest BCUT2D eigenvalue weighted by Gasteiger charge is -2.17. The van der Waals surface area contributed by atoms with Crippen molar-refractivity contribution in [3.63, 3.8) is 0 Å². The van der Waals surface area contributed by atoms with Gasteiger partial charge in [-0.05, 0) is 38.3 Å². The van der Waals surface area contributed by atoms with Crippen LogP contribution in [0.4, 0.5) is 13.2 Å². The van der Waals surface area contributed by atoms with Crippen LogP contribution < -0.4 is 0 Å². The Morgan fingerprint density at radius 1 is 1.38 bits per heavy atom. The van der Waals surface area contributed by atoms with Crippen LogP contribution in [0, 0.1) is 18.3 Å². The van der Waals surface area contributed by atoms with E-state index in [1.165, 1.54) is 12.1 Å². The summed E-state index contributed by atoms with van der Waals surface area (Å²) in [6, 6.07) is 6.12. The van der Waals surface area contributed by atoms with Crippen molar-refractivity contribution in [2.24, 2.45) is 0 Å². The van der Waals surface area contributed by atoms with Crippen LogP contribution >= 0.6 is 11.8 Å². The second-order valence-electron chi connectivity index (χ2n) is 4.99. The topological polar surface area (TPSA) is 28.7 Å². The number of aryl methyl sites for hydroxylation is 1. The fourth-order valence-electron chi connectivity index (χ4n) is 2.73. The molecular formula is C15H15F3N2S. The Hall–Kier alpha value is -1.61. The van der Waals surface area contributed by atoms with Crippen molar-refractivity contribution in [1.82, 2.24) is 4.57 Å². The number of benzene rings is 1. The van der Waals surface area contributed by atoms with Crippen LogP contribution in [0.25, 0.3) is 10.9 Å². The van der Waals surface area contributed by atoms with Crippen molar-refractivity contribution < 1.29 is 13.2 Å². The van der Waals surface area contributed by atoms with Gasteiger partial charge in [-0.25, -0.2) is 0 Å². The molecule has 0 aliphatic heterocycles. The zero-order valence-electron chi connectivity index (χ0n) is 12.0. The van der Waals surface area contributed by atoms with Gasteiger partial charge in [-0.3, -0.25) is 0 Å². The second-order valence-corrected chi connectivity index (χ2v) is 5.90. The molecule has 0 radical (unpaired) electrons. The molecule has 1 heterocycles. The Morgan fingerprint density at radius 2 is 2.05 bits per heavy atom. The first kappa shape index (κ1) is 15.8. The highest BCUT2D eigenvalue weighted by Crippen LogP contribution is 2.39. The number of alkyl halides is 3. The molecule has 2 aromatic rings. The van der Waals surface area contributed by atoms with E-state index in [1.54, 1.807) is 30.8 Å². The second kappa shape index (κ2) is 5.64. The number of hydrogen-bond acceptors (Lipinski definition) is 2. The highest BCUT2D eigenvalue weighted by atomic mass is 32.2. The van der Waals surface area contributed by atoms with Gasteiger partial charge in [0.2, 0.25) is 0 Å². The van der Waals surface area contributed by atoms with Gasteiger partial charge in [0, 0.05) is 28.4 Å². The number of rotatable bonds is 3. The average molecular weight is 312 g/mol. The molecule has 0 aliphatic rings. The molecule has 0 saturated heterocycles. The van der Waals surface area contributed by atoms with E-state index < -0.39 is 11.7 Å². The first-order chi connectivity index (χ1) is 9.81. The summed E-state index contributed by atoms with van der Waals surface area (Å²) < 4.78 is 41.8. The van der Waals surface area contributed by atoms with Gasteiger partial charge in [-0.2, -0.15) is 30.2 Å². The zero-order valence-corrected chi connectivity index (χ0v) is 12.8.